The molecule has 1 aliphatic rings. The number of nitrogens with one attached hydrogen (secondary N) is 1. The number of carbonyl (C=O) groups is 1. The highest BCUT2D eigenvalue weighted by atomic mass is 32.2. The largest absolute Gasteiger partial charge is 0.324 e. The molecule has 0 aromatic rings. The Morgan fingerprint density at radius 3 is 2.79 bits per heavy atom. The molecule has 1 heterocycles. The van der Waals surface area contributed by atoms with Crippen LogP contribution in [0.4, 0.5) is 0 Å². The predicted octanol–water partition coefficient (Wildman–Crippen LogP) is -0.0787. The molecule has 0 radical (unpaired) electrons. The minimum absolute atomic E-state index is 0.114. The van der Waals surface area contributed by atoms with E-state index in [0.717, 1.165) is 6.42 Å². The molecule has 1 saturated heterocycles. The first-order valence-electron chi connectivity index (χ1n) is 4.87. The third kappa shape index (κ3) is 2.78. The molecule has 0 bridgehead atoms. The Kier molecular flexibility index (Phi) is 4.07. The second kappa shape index (κ2) is 4.89. The predicted molar refractivity (Wildman–Crippen MR) is 57.3 cm³/mol. The van der Waals surface area contributed by atoms with Crippen LogP contribution in [0, 0.1) is 0 Å². The van der Waals surface area contributed by atoms with Crippen LogP contribution < -0.4 is 5.32 Å². The van der Waals surface area contributed by atoms with E-state index < -0.39 is 10.8 Å². The lowest BCUT2D eigenvalue weighted by atomic mass is 10.2. The number of amides is 1. The Balaban J connectivity index is 2.46. The van der Waals surface area contributed by atoms with E-state index in [1.165, 1.54) is 0 Å². The van der Waals surface area contributed by atoms with Gasteiger partial charge in [-0.1, -0.05) is 0 Å². The minimum atomic E-state index is -0.767. The minimum Gasteiger partial charge on any atom is -0.324 e. The fourth-order valence-electron chi connectivity index (χ4n) is 1.74. The molecule has 1 rings (SSSR count). The van der Waals surface area contributed by atoms with Gasteiger partial charge in [-0.2, -0.15) is 0 Å². The standard InChI is InChI=1S/C9H18N2O2S/c1-7(4-5-14(3)13)11-8(2)10-6-9(11)12/h7-8,10H,4-6H2,1-3H3. The van der Waals surface area contributed by atoms with Crippen molar-refractivity contribution in [3.05, 3.63) is 0 Å². The summed E-state index contributed by atoms with van der Waals surface area (Å²) in [6.45, 7) is 4.42. The summed E-state index contributed by atoms with van der Waals surface area (Å²) in [5.41, 5.74) is 0. The monoisotopic (exact) mass is 218 g/mol. The summed E-state index contributed by atoms with van der Waals surface area (Å²) in [5.74, 6) is 0.810. The number of hydrogen-bond donors (Lipinski definition) is 1. The van der Waals surface area contributed by atoms with E-state index in [9.17, 15) is 9.00 Å². The van der Waals surface area contributed by atoms with Crippen LogP contribution in [-0.4, -0.2) is 45.8 Å². The molecule has 1 aliphatic heterocycles. The fraction of sp³-hybridized carbons (Fsp3) is 0.889. The molecule has 3 unspecified atom stereocenters. The molecular weight excluding hydrogens is 200 g/mol. The smallest absolute Gasteiger partial charge is 0.238 e. The van der Waals surface area contributed by atoms with E-state index in [-0.39, 0.29) is 18.1 Å². The summed E-state index contributed by atoms with van der Waals surface area (Å²) in [7, 11) is -0.767. The van der Waals surface area contributed by atoms with Crippen LogP contribution in [0.25, 0.3) is 0 Å². The van der Waals surface area contributed by atoms with Crippen molar-refractivity contribution in [2.75, 3.05) is 18.6 Å². The van der Waals surface area contributed by atoms with Gasteiger partial charge < -0.3 is 4.90 Å². The first-order valence-corrected chi connectivity index (χ1v) is 6.59. The highest BCUT2D eigenvalue weighted by Crippen LogP contribution is 2.12. The lowest BCUT2D eigenvalue weighted by molar-refractivity contribution is -0.129. The molecule has 14 heavy (non-hydrogen) atoms. The number of hydrogen-bond acceptors (Lipinski definition) is 3. The van der Waals surface area contributed by atoms with Crippen molar-refractivity contribution in [1.29, 1.82) is 0 Å². The molecule has 0 spiro atoms. The van der Waals surface area contributed by atoms with Gasteiger partial charge in [-0.05, 0) is 20.3 Å². The van der Waals surface area contributed by atoms with Gasteiger partial charge >= 0.3 is 0 Å². The second-order valence-electron chi connectivity index (χ2n) is 3.77. The van der Waals surface area contributed by atoms with Crippen molar-refractivity contribution in [3.63, 3.8) is 0 Å². The Morgan fingerprint density at radius 2 is 2.36 bits per heavy atom. The van der Waals surface area contributed by atoms with Crippen molar-refractivity contribution in [3.8, 4) is 0 Å². The van der Waals surface area contributed by atoms with Gasteiger partial charge in [0.2, 0.25) is 5.91 Å². The normalized spacial score (nSPS) is 26.6. The quantitative estimate of drug-likeness (QED) is 0.718. The zero-order chi connectivity index (χ0) is 10.7. The van der Waals surface area contributed by atoms with Crippen LogP contribution in [0.1, 0.15) is 20.3 Å². The van der Waals surface area contributed by atoms with E-state index in [1.807, 2.05) is 18.7 Å². The number of carbonyl (C=O) groups excluding carboxylic acids is 1. The molecule has 0 aromatic carbocycles. The highest BCUT2D eigenvalue weighted by Gasteiger charge is 2.30. The van der Waals surface area contributed by atoms with Gasteiger partial charge in [0.25, 0.3) is 0 Å². The van der Waals surface area contributed by atoms with E-state index in [4.69, 9.17) is 0 Å². The zero-order valence-corrected chi connectivity index (χ0v) is 9.76. The number of rotatable bonds is 4. The SMILES string of the molecule is CC(CCS(C)=O)N1C(=O)CNC1C. The van der Waals surface area contributed by atoms with Gasteiger partial charge in [0.1, 0.15) is 0 Å². The summed E-state index contributed by atoms with van der Waals surface area (Å²) in [4.78, 5) is 13.3. The van der Waals surface area contributed by atoms with Crippen LogP contribution in [0.3, 0.4) is 0 Å². The van der Waals surface area contributed by atoms with Crippen LogP contribution in [0.15, 0.2) is 0 Å². The first kappa shape index (κ1) is 11.7. The maximum Gasteiger partial charge on any atom is 0.238 e. The van der Waals surface area contributed by atoms with Crippen molar-refractivity contribution < 1.29 is 9.00 Å². The molecule has 5 heteroatoms. The maximum atomic E-state index is 11.5. The molecular formula is C9H18N2O2S. The van der Waals surface area contributed by atoms with Crippen LogP contribution in [-0.2, 0) is 15.6 Å². The maximum absolute atomic E-state index is 11.5. The summed E-state index contributed by atoms with van der Waals surface area (Å²) >= 11 is 0. The van der Waals surface area contributed by atoms with Crippen molar-refractivity contribution in [1.82, 2.24) is 10.2 Å². The van der Waals surface area contributed by atoms with E-state index in [2.05, 4.69) is 5.32 Å². The van der Waals surface area contributed by atoms with E-state index in [1.54, 1.807) is 6.26 Å². The van der Waals surface area contributed by atoms with Gasteiger partial charge in [0, 0.05) is 28.9 Å². The van der Waals surface area contributed by atoms with Gasteiger partial charge in [-0.3, -0.25) is 14.3 Å². The Morgan fingerprint density at radius 1 is 1.71 bits per heavy atom. The highest BCUT2D eigenvalue weighted by molar-refractivity contribution is 7.84. The summed E-state index contributed by atoms with van der Waals surface area (Å²) in [6, 6.07) is 0.177. The lowest BCUT2D eigenvalue weighted by Gasteiger charge is -2.28. The van der Waals surface area contributed by atoms with Crippen molar-refractivity contribution >= 4 is 16.7 Å². The molecule has 4 nitrogen and oxygen atoms in total. The average molecular weight is 218 g/mol. The Labute approximate surface area is 87.5 Å². The molecule has 0 saturated carbocycles. The summed E-state index contributed by atoms with van der Waals surface area (Å²) < 4.78 is 10.9. The first-order chi connectivity index (χ1) is 6.52. The van der Waals surface area contributed by atoms with E-state index in [0.29, 0.717) is 12.3 Å². The molecule has 82 valence electrons. The summed E-state index contributed by atoms with van der Waals surface area (Å²) in [5, 5.41) is 3.09. The Hall–Kier alpha value is -0.420. The lowest BCUT2D eigenvalue weighted by Crippen LogP contribution is -2.42. The number of nitrogens with zero attached hydrogens (tertiary/aromatic N) is 1. The molecule has 1 fully saturated rings. The molecule has 0 aromatic heterocycles. The van der Waals surface area contributed by atoms with Gasteiger partial charge in [-0.25, -0.2) is 0 Å². The topological polar surface area (TPSA) is 49.4 Å². The van der Waals surface area contributed by atoms with Crippen molar-refractivity contribution in [2.45, 2.75) is 32.5 Å². The Bertz CT molecular complexity index is 245. The zero-order valence-electron chi connectivity index (χ0n) is 8.95. The molecule has 1 amide bonds. The molecule has 1 N–H and O–H groups in total. The van der Waals surface area contributed by atoms with Gasteiger partial charge in [0.15, 0.2) is 0 Å². The molecule has 0 aliphatic carbocycles. The summed E-state index contributed by atoms with van der Waals surface area (Å²) in [6.07, 6.45) is 2.61. The second-order valence-corrected chi connectivity index (χ2v) is 5.33. The average Bonchev–Trinajstić information content (AvgIpc) is 2.42. The van der Waals surface area contributed by atoms with E-state index >= 15 is 0 Å². The van der Waals surface area contributed by atoms with Gasteiger partial charge in [-0.15, -0.1) is 0 Å². The third-order valence-electron chi connectivity index (χ3n) is 2.55. The van der Waals surface area contributed by atoms with Crippen molar-refractivity contribution in [2.24, 2.45) is 0 Å². The van der Waals surface area contributed by atoms with Crippen LogP contribution >= 0.6 is 0 Å². The van der Waals surface area contributed by atoms with Gasteiger partial charge in [0.05, 0.1) is 12.7 Å². The fourth-order valence-corrected chi connectivity index (χ4v) is 2.42. The van der Waals surface area contributed by atoms with Crippen LogP contribution in [0.5, 0.6) is 0 Å². The van der Waals surface area contributed by atoms with Crippen LogP contribution in [0.2, 0.25) is 0 Å². The third-order valence-corrected chi connectivity index (χ3v) is 3.36. The molecule has 3 atom stereocenters.